The van der Waals surface area contributed by atoms with Crippen molar-refractivity contribution in [2.45, 2.75) is 38.0 Å². The molecule has 0 atom stereocenters. The third-order valence-corrected chi connectivity index (χ3v) is 3.24. The Hall–Kier alpha value is -1.35. The first kappa shape index (κ1) is 12.7. The summed E-state index contributed by atoms with van der Waals surface area (Å²) in [5.74, 6) is -0.331. The van der Waals surface area contributed by atoms with Crippen LogP contribution in [0, 0.1) is 0 Å². The lowest BCUT2D eigenvalue weighted by Gasteiger charge is -2.23. The van der Waals surface area contributed by atoms with Gasteiger partial charge < -0.3 is 11.3 Å². The van der Waals surface area contributed by atoms with Crippen molar-refractivity contribution in [3.8, 4) is 0 Å². The summed E-state index contributed by atoms with van der Waals surface area (Å²) in [5.41, 5.74) is 1.52. The first-order valence-electron chi connectivity index (χ1n) is 5.61. The van der Waals surface area contributed by atoms with Gasteiger partial charge in [-0.2, -0.15) is 0 Å². The molecule has 88 valence electrons. The monoisotopic (exact) mass is 221 g/mol. The minimum atomic E-state index is -0.795. The number of hydrogen-bond donors (Lipinski definition) is 2. The van der Waals surface area contributed by atoms with Gasteiger partial charge in [-0.25, -0.2) is 4.79 Å². The van der Waals surface area contributed by atoms with Crippen molar-refractivity contribution in [1.29, 1.82) is 0 Å². The molecule has 0 heterocycles. The predicted molar refractivity (Wildman–Crippen MR) is 64.2 cm³/mol. The normalized spacial score (nSPS) is 16.5. The molecule has 1 aliphatic rings. The smallest absolute Gasteiger partial charge is 0.335 e. The Morgan fingerprint density at radius 1 is 1.12 bits per heavy atom. The average molecular weight is 221 g/mol. The van der Waals surface area contributed by atoms with E-state index in [1.807, 2.05) is 12.1 Å². The molecule has 0 bridgehead atoms. The number of rotatable bonds is 2. The number of hydrogen-bond acceptors (Lipinski definition) is 2. The molecule has 1 aliphatic carbocycles. The zero-order valence-electron chi connectivity index (χ0n) is 9.48. The predicted octanol–water partition coefficient (Wildman–Crippen LogP) is 3.59. The van der Waals surface area contributed by atoms with Gasteiger partial charge in [-0.05, 0) is 30.4 Å². The van der Waals surface area contributed by atoms with Crippen LogP contribution in [-0.2, 0) is 0 Å². The number of benzene rings is 1. The van der Waals surface area contributed by atoms with Gasteiger partial charge in [-0.3, -0.25) is 0 Å². The molecule has 3 nitrogen and oxygen atoms in total. The second-order valence-electron chi connectivity index (χ2n) is 4.23. The molecule has 0 radical (unpaired) electrons. The van der Waals surface area contributed by atoms with Crippen LogP contribution in [0.3, 0.4) is 0 Å². The van der Waals surface area contributed by atoms with Crippen molar-refractivity contribution in [2.75, 3.05) is 0 Å². The average Bonchev–Trinajstić information content (AvgIpc) is 2.30. The van der Waals surface area contributed by atoms with Gasteiger partial charge in [-0.15, -0.1) is 0 Å². The maximum Gasteiger partial charge on any atom is 0.335 e. The molecule has 4 N–H and O–H groups in total. The quantitative estimate of drug-likeness (QED) is 0.801. The standard InChI is InChI=1S/C13H16O2.H3N/c14-13(15)12-9-5-4-8-11(12)10-6-2-1-3-7-10;/h4-5,8-10H,1-3,6-7H2,(H,14,15);1H3. The Morgan fingerprint density at radius 3 is 2.38 bits per heavy atom. The van der Waals surface area contributed by atoms with Crippen molar-refractivity contribution in [3.63, 3.8) is 0 Å². The van der Waals surface area contributed by atoms with Gasteiger partial charge in [-0.1, -0.05) is 37.5 Å². The van der Waals surface area contributed by atoms with Crippen LogP contribution < -0.4 is 6.15 Å². The Kier molecular flexibility index (Phi) is 4.50. The zero-order valence-corrected chi connectivity index (χ0v) is 9.48. The second-order valence-corrected chi connectivity index (χ2v) is 4.23. The molecular weight excluding hydrogens is 202 g/mol. The molecule has 3 heteroatoms. The minimum Gasteiger partial charge on any atom is -0.478 e. The Balaban J connectivity index is 0.00000128. The van der Waals surface area contributed by atoms with Crippen molar-refractivity contribution in [2.24, 2.45) is 0 Å². The SMILES string of the molecule is N.O=C(O)c1ccccc1C1CCCCC1. The van der Waals surface area contributed by atoms with E-state index in [-0.39, 0.29) is 6.15 Å². The molecule has 1 saturated carbocycles. The van der Waals surface area contributed by atoms with Gasteiger partial charge in [0.2, 0.25) is 0 Å². The highest BCUT2D eigenvalue weighted by molar-refractivity contribution is 5.89. The van der Waals surface area contributed by atoms with Gasteiger partial charge >= 0.3 is 5.97 Å². The molecule has 0 aromatic heterocycles. The summed E-state index contributed by atoms with van der Waals surface area (Å²) in [5, 5.41) is 9.10. The summed E-state index contributed by atoms with van der Waals surface area (Å²) in [4.78, 5) is 11.1. The third kappa shape index (κ3) is 2.61. The highest BCUT2D eigenvalue weighted by atomic mass is 16.4. The summed E-state index contributed by atoms with van der Waals surface area (Å²) in [6.45, 7) is 0. The fraction of sp³-hybridized carbons (Fsp3) is 0.462. The molecule has 0 amide bonds. The zero-order chi connectivity index (χ0) is 10.7. The lowest BCUT2D eigenvalue weighted by molar-refractivity contribution is 0.0694. The number of carboxylic acids is 1. The van der Waals surface area contributed by atoms with Crippen LogP contribution >= 0.6 is 0 Å². The molecule has 0 saturated heterocycles. The Labute approximate surface area is 96.1 Å². The number of aromatic carboxylic acids is 1. The van der Waals surface area contributed by atoms with Crippen LogP contribution in [0.2, 0.25) is 0 Å². The van der Waals surface area contributed by atoms with E-state index >= 15 is 0 Å². The molecule has 1 fully saturated rings. The fourth-order valence-electron chi connectivity index (χ4n) is 2.46. The van der Waals surface area contributed by atoms with Gasteiger partial charge in [0.25, 0.3) is 0 Å². The molecule has 0 aliphatic heterocycles. The first-order valence-corrected chi connectivity index (χ1v) is 5.61. The largest absolute Gasteiger partial charge is 0.478 e. The molecule has 0 spiro atoms. The van der Waals surface area contributed by atoms with E-state index in [1.165, 1.54) is 19.3 Å². The first-order chi connectivity index (χ1) is 7.29. The summed E-state index contributed by atoms with van der Waals surface area (Å²) < 4.78 is 0. The summed E-state index contributed by atoms with van der Waals surface area (Å²) in [6, 6.07) is 7.43. The van der Waals surface area contributed by atoms with Crippen LogP contribution in [0.5, 0.6) is 0 Å². The molecule has 1 aromatic carbocycles. The molecular formula is C13H19NO2. The van der Waals surface area contributed by atoms with Crippen molar-refractivity contribution in [3.05, 3.63) is 35.4 Å². The van der Waals surface area contributed by atoms with Crippen LogP contribution in [0.25, 0.3) is 0 Å². The minimum absolute atomic E-state index is 0. The van der Waals surface area contributed by atoms with Gasteiger partial charge in [0.1, 0.15) is 0 Å². The van der Waals surface area contributed by atoms with Gasteiger partial charge in [0, 0.05) is 0 Å². The van der Waals surface area contributed by atoms with Crippen LogP contribution in [0.1, 0.15) is 53.9 Å². The van der Waals surface area contributed by atoms with Gasteiger partial charge in [0.05, 0.1) is 5.56 Å². The lowest BCUT2D eigenvalue weighted by Crippen LogP contribution is -2.10. The van der Waals surface area contributed by atoms with E-state index in [0.717, 1.165) is 18.4 Å². The highest BCUT2D eigenvalue weighted by Crippen LogP contribution is 2.34. The fourth-order valence-corrected chi connectivity index (χ4v) is 2.46. The molecule has 0 unspecified atom stereocenters. The van der Waals surface area contributed by atoms with E-state index in [0.29, 0.717) is 11.5 Å². The van der Waals surface area contributed by atoms with Gasteiger partial charge in [0.15, 0.2) is 0 Å². The molecule has 16 heavy (non-hydrogen) atoms. The summed E-state index contributed by atoms with van der Waals surface area (Å²) in [7, 11) is 0. The molecule has 2 rings (SSSR count). The lowest BCUT2D eigenvalue weighted by atomic mass is 9.82. The van der Waals surface area contributed by atoms with Crippen LogP contribution in [0.4, 0.5) is 0 Å². The Morgan fingerprint density at radius 2 is 1.75 bits per heavy atom. The van der Waals surface area contributed by atoms with E-state index in [2.05, 4.69) is 0 Å². The molecule has 1 aromatic rings. The highest BCUT2D eigenvalue weighted by Gasteiger charge is 2.20. The summed E-state index contributed by atoms with van der Waals surface area (Å²) in [6.07, 6.45) is 6.05. The van der Waals surface area contributed by atoms with Crippen molar-refractivity contribution < 1.29 is 9.90 Å². The number of carbonyl (C=O) groups is 1. The van der Waals surface area contributed by atoms with Crippen molar-refractivity contribution in [1.82, 2.24) is 6.15 Å². The van der Waals surface area contributed by atoms with Crippen LogP contribution in [-0.4, -0.2) is 11.1 Å². The maximum absolute atomic E-state index is 11.1. The Bertz CT molecular complexity index is 357. The topological polar surface area (TPSA) is 72.3 Å². The van der Waals surface area contributed by atoms with Crippen LogP contribution in [0.15, 0.2) is 24.3 Å². The number of carboxylic acid groups (broad SMARTS) is 1. The second kappa shape index (κ2) is 5.66. The third-order valence-electron chi connectivity index (χ3n) is 3.24. The van der Waals surface area contributed by atoms with Crippen molar-refractivity contribution >= 4 is 5.97 Å². The van der Waals surface area contributed by atoms with E-state index in [9.17, 15) is 4.79 Å². The maximum atomic E-state index is 11.1. The van der Waals surface area contributed by atoms with E-state index in [1.54, 1.807) is 12.1 Å². The summed E-state index contributed by atoms with van der Waals surface area (Å²) >= 11 is 0. The van der Waals surface area contributed by atoms with E-state index < -0.39 is 5.97 Å². The van der Waals surface area contributed by atoms with E-state index in [4.69, 9.17) is 5.11 Å².